The quantitative estimate of drug-likeness (QED) is 0.362. The fourth-order valence-electron chi connectivity index (χ4n) is 6.21. The number of aliphatic hydroxyl groups is 3. The lowest BCUT2D eigenvalue weighted by atomic mass is 9.59. The van der Waals surface area contributed by atoms with Crippen LogP contribution in [0.1, 0.15) is 30.9 Å². The number of fused-ring (bicyclic) bond motifs is 3. The molecule has 10 nitrogen and oxygen atoms in total. The third-order valence-corrected chi connectivity index (χ3v) is 7.98. The van der Waals surface area contributed by atoms with Gasteiger partial charge in [0.2, 0.25) is 5.78 Å². The van der Waals surface area contributed by atoms with Crippen molar-refractivity contribution in [3.63, 3.8) is 0 Å². The highest BCUT2D eigenvalue weighted by molar-refractivity contribution is 6.22. The summed E-state index contributed by atoms with van der Waals surface area (Å²) < 4.78 is 5.60. The van der Waals surface area contributed by atoms with Crippen LogP contribution in [0.3, 0.4) is 0 Å². The average molecular weight is 535 g/mol. The summed E-state index contributed by atoms with van der Waals surface area (Å²) in [5.41, 5.74) is 4.04. The van der Waals surface area contributed by atoms with Crippen LogP contribution in [0.4, 0.5) is 5.69 Å². The fraction of sp³-hybridized carbons (Fsp3) is 0.345. The minimum absolute atomic E-state index is 0.0464. The van der Waals surface area contributed by atoms with E-state index in [1.54, 1.807) is 30.3 Å². The molecule has 0 heterocycles. The Morgan fingerprint density at radius 1 is 1.15 bits per heavy atom. The molecular formula is C29H30N2O8. The van der Waals surface area contributed by atoms with E-state index in [2.05, 4.69) is 0 Å². The van der Waals surface area contributed by atoms with Crippen molar-refractivity contribution in [1.29, 1.82) is 0 Å². The van der Waals surface area contributed by atoms with E-state index >= 15 is 0 Å². The highest BCUT2D eigenvalue weighted by Gasteiger charge is 2.60. The van der Waals surface area contributed by atoms with E-state index in [-0.39, 0.29) is 36.1 Å². The summed E-state index contributed by atoms with van der Waals surface area (Å²) in [4.78, 5) is 40.0. The lowest BCUT2D eigenvalue weighted by Crippen LogP contribution is -2.58. The normalized spacial score (nSPS) is 24.2. The summed E-state index contributed by atoms with van der Waals surface area (Å²) in [5.74, 6) is -5.92. The lowest BCUT2D eigenvalue weighted by Gasteiger charge is -2.46. The number of carbonyl (C=O) groups is 3. The Bertz CT molecular complexity index is 1500. The van der Waals surface area contributed by atoms with Crippen LogP contribution in [0.25, 0.3) is 16.9 Å². The topological polar surface area (TPSA) is 171 Å². The van der Waals surface area contributed by atoms with Gasteiger partial charge in [0.05, 0.1) is 12.2 Å². The fourth-order valence-corrected chi connectivity index (χ4v) is 6.21. The Morgan fingerprint density at radius 2 is 1.87 bits per heavy atom. The number of hydrogen-bond acceptors (Lipinski definition) is 9. The molecule has 10 heteroatoms. The third-order valence-electron chi connectivity index (χ3n) is 7.98. The molecule has 0 aliphatic heterocycles. The Balaban J connectivity index is 1.73. The molecule has 2 aromatic carbocycles. The van der Waals surface area contributed by atoms with Gasteiger partial charge in [0.15, 0.2) is 11.4 Å². The molecule has 0 saturated heterocycles. The van der Waals surface area contributed by atoms with Gasteiger partial charge in [0, 0.05) is 43.3 Å². The first-order chi connectivity index (χ1) is 18.4. The number of aliphatic hydroxyl groups excluding tert-OH is 2. The number of ketones is 2. The molecule has 0 radical (unpaired) electrons. The summed E-state index contributed by atoms with van der Waals surface area (Å²) in [6.45, 7) is 2.31. The first-order valence-corrected chi connectivity index (χ1v) is 12.7. The molecule has 39 heavy (non-hydrogen) atoms. The number of primary amides is 1. The number of phenolic OH excluding ortho intramolecular Hbond substituents is 1. The van der Waals surface area contributed by atoms with Gasteiger partial charge in [-0.25, -0.2) is 0 Å². The van der Waals surface area contributed by atoms with Crippen molar-refractivity contribution >= 4 is 28.9 Å². The second kappa shape index (κ2) is 9.16. The molecule has 0 bridgehead atoms. The Kier molecular flexibility index (Phi) is 6.18. The number of amides is 1. The number of nitrogens with two attached hydrogens (primary N) is 1. The van der Waals surface area contributed by atoms with Crippen molar-refractivity contribution in [2.24, 2.45) is 17.6 Å². The van der Waals surface area contributed by atoms with Gasteiger partial charge in [-0.15, -0.1) is 0 Å². The van der Waals surface area contributed by atoms with Gasteiger partial charge < -0.3 is 35.8 Å². The average Bonchev–Trinajstić information content (AvgIpc) is 2.86. The second-order valence-corrected chi connectivity index (χ2v) is 10.4. The molecule has 2 aromatic rings. The van der Waals surface area contributed by atoms with Crippen molar-refractivity contribution < 1.29 is 39.5 Å². The second-order valence-electron chi connectivity index (χ2n) is 10.4. The highest BCUT2D eigenvalue weighted by atomic mass is 16.5. The molecule has 5 rings (SSSR count). The number of phenols is 1. The molecule has 0 aromatic heterocycles. The molecule has 1 amide bonds. The molecule has 0 unspecified atom stereocenters. The predicted octanol–water partition coefficient (Wildman–Crippen LogP) is 2.56. The van der Waals surface area contributed by atoms with Gasteiger partial charge in [-0.1, -0.05) is 12.1 Å². The number of aromatic hydroxyl groups is 1. The van der Waals surface area contributed by atoms with Crippen LogP contribution in [-0.4, -0.2) is 64.2 Å². The van der Waals surface area contributed by atoms with Gasteiger partial charge in [0.1, 0.15) is 28.6 Å². The minimum Gasteiger partial charge on any atom is -0.508 e. The van der Waals surface area contributed by atoms with Crippen LogP contribution >= 0.6 is 0 Å². The number of nitrogens with zero attached hydrogens (tertiary/aromatic N) is 1. The predicted molar refractivity (Wildman–Crippen MR) is 142 cm³/mol. The number of Topliss-reactive ketones (excluding diaryl/α,β-unsaturated/α-hetero) is 2. The zero-order valence-electron chi connectivity index (χ0n) is 21.8. The molecular weight excluding hydrogens is 504 g/mol. The van der Waals surface area contributed by atoms with Gasteiger partial charge in [-0.2, -0.15) is 0 Å². The maximum Gasteiger partial charge on any atom is 0.255 e. The van der Waals surface area contributed by atoms with Crippen molar-refractivity contribution in [2.45, 2.75) is 31.8 Å². The number of benzene rings is 2. The SMILES string of the molecule is CCOc1cccc(-c2cc(N(C)C)c3c(c2O)C(O)=C2C(=O)[C@]4(O)C(O)=C(C(N)=O)C(=O)C[C@@H]4C[C@@H]2C3)c1. The van der Waals surface area contributed by atoms with Crippen molar-refractivity contribution in [3.8, 4) is 22.6 Å². The molecule has 6 N–H and O–H groups in total. The lowest BCUT2D eigenvalue weighted by molar-refractivity contribution is -0.147. The van der Waals surface area contributed by atoms with E-state index in [0.29, 0.717) is 34.7 Å². The Labute approximate surface area is 224 Å². The first kappa shape index (κ1) is 26.3. The van der Waals surface area contributed by atoms with E-state index in [9.17, 15) is 34.8 Å². The summed E-state index contributed by atoms with van der Waals surface area (Å²) in [5, 5.41) is 45.2. The molecule has 3 aliphatic carbocycles. The standard InChI is InChI=1S/C29H30N2O8/c1-4-39-16-7-5-6-13(9-16)17-12-19(31(2)3)18-10-14-8-15-11-20(32)23(28(30)37)27(36)29(15,38)26(35)21(14)25(34)22(18)24(17)33/h5-7,9,12,14-15,33-34,36,38H,4,8,10-11H2,1-3H3,(H2,30,37)/t14-,15+,29+/m1/s1. The third kappa shape index (κ3) is 3.77. The summed E-state index contributed by atoms with van der Waals surface area (Å²) in [6.07, 6.45) is -0.0493. The number of anilines is 1. The number of hydrogen-bond donors (Lipinski definition) is 5. The smallest absolute Gasteiger partial charge is 0.255 e. The first-order valence-electron chi connectivity index (χ1n) is 12.7. The molecule has 1 fully saturated rings. The molecule has 3 aliphatic rings. The monoisotopic (exact) mass is 534 g/mol. The number of ether oxygens (including phenoxy) is 1. The van der Waals surface area contributed by atoms with Crippen LogP contribution in [0.2, 0.25) is 0 Å². The molecule has 3 atom stereocenters. The molecule has 1 saturated carbocycles. The van der Waals surface area contributed by atoms with E-state index < -0.39 is 52.0 Å². The van der Waals surface area contributed by atoms with Crippen molar-refractivity contribution in [3.05, 3.63) is 58.4 Å². The van der Waals surface area contributed by atoms with E-state index in [1.807, 2.05) is 25.9 Å². The molecule has 204 valence electrons. The largest absolute Gasteiger partial charge is 0.508 e. The van der Waals surface area contributed by atoms with Crippen molar-refractivity contribution in [2.75, 3.05) is 25.6 Å². The van der Waals surface area contributed by atoms with E-state index in [0.717, 1.165) is 0 Å². The Hall–Kier alpha value is -4.31. The van der Waals surface area contributed by atoms with Gasteiger partial charge in [-0.3, -0.25) is 14.4 Å². The maximum atomic E-state index is 13.8. The van der Waals surface area contributed by atoms with Gasteiger partial charge in [0.25, 0.3) is 5.91 Å². The van der Waals surface area contributed by atoms with Crippen LogP contribution in [0.5, 0.6) is 11.5 Å². The minimum atomic E-state index is -2.60. The van der Waals surface area contributed by atoms with Crippen LogP contribution in [-0.2, 0) is 20.8 Å². The van der Waals surface area contributed by atoms with Crippen LogP contribution in [0, 0.1) is 11.8 Å². The summed E-state index contributed by atoms with van der Waals surface area (Å²) in [7, 11) is 3.64. The van der Waals surface area contributed by atoms with Crippen LogP contribution in [0.15, 0.2) is 47.2 Å². The maximum absolute atomic E-state index is 13.8. The van der Waals surface area contributed by atoms with Gasteiger partial charge in [-0.05, 0) is 55.0 Å². The number of carbonyl (C=O) groups excluding carboxylic acids is 3. The van der Waals surface area contributed by atoms with Gasteiger partial charge >= 0.3 is 0 Å². The number of rotatable bonds is 5. The summed E-state index contributed by atoms with van der Waals surface area (Å²) >= 11 is 0. The highest BCUT2D eigenvalue weighted by Crippen LogP contribution is 2.54. The van der Waals surface area contributed by atoms with Crippen molar-refractivity contribution in [1.82, 2.24) is 0 Å². The zero-order valence-corrected chi connectivity index (χ0v) is 21.8. The van der Waals surface area contributed by atoms with E-state index in [4.69, 9.17) is 10.5 Å². The van der Waals surface area contributed by atoms with E-state index in [1.165, 1.54) is 0 Å². The summed E-state index contributed by atoms with van der Waals surface area (Å²) in [6, 6.07) is 8.90. The van der Waals surface area contributed by atoms with Crippen LogP contribution < -0.4 is 15.4 Å². The zero-order chi connectivity index (χ0) is 28.4. The Morgan fingerprint density at radius 3 is 2.51 bits per heavy atom. The molecule has 0 spiro atoms.